The van der Waals surface area contributed by atoms with E-state index in [1.807, 2.05) is 0 Å². The molecule has 2 aliphatic rings. The number of rotatable bonds is 3. The van der Waals surface area contributed by atoms with Crippen molar-refractivity contribution in [1.82, 2.24) is 15.8 Å². The highest BCUT2D eigenvalue weighted by molar-refractivity contribution is 4.92. The first kappa shape index (κ1) is 10.4. The van der Waals surface area contributed by atoms with Crippen LogP contribution in [-0.2, 0) is 0 Å². The van der Waals surface area contributed by atoms with Crippen LogP contribution in [0.15, 0.2) is 0 Å². The van der Waals surface area contributed by atoms with Crippen molar-refractivity contribution in [3.8, 4) is 0 Å². The minimum absolute atomic E-state index is 0.709. The summed E-state index contributed by atoms with van der Waals surface area (Å²) in [6.07, 6.45) is 6.91. The van der Waals surface area contributed by atoms with Crippen LogP contribution in [0, 0.1) is 5.92 Å². The average Bonchev–Trinajstić information content (AvgIpc) is 2.70. The molecule has 3 unspecified atom stereocenters. The minimum atomic E-state index is 0.709. The lowest BCUT2D eigenvalue weighted by Gasteiger charge is -2.29. The van der Waals surface area contributed by atoms with Crippen LogP contribution in [-0.4, -0.2) is 37.7 Å². The predicted octanol–water partition coefficient (Wildman–Crippen LogP) is 0.973. The van der Waals surface area contributed by atoms with Gasteiger partial charge in [0.1, 0.15) is 0 Å². The standard InChI is InChI=1S/C11H23N3/c1-14(2)13-11-6-3-5-9(11)10-7-4-8-12-10/h9-13H,3-8H2,1-2H3. The number of hydrazine groups is 1. The smallest absolute Gasteiger partial charge is 0.0258 e. The van der Waals surface area contributed by atoms with Crippen molar-refractivity contribution >= 4 is 0 Å². The van der Waals surface area contributed by atoms with E-state index in [0.29, 0.717) is 6.04 Å². The number of hydrogen-bond donors (Lipinski definition) is 2. The molecule has 0 amide bonds. The summed E-state index contributed by atoms with van der Waals surface area (Å²) in [6, 6.07) is 1.50. The molecule has 3 atom stereocenters. The van der Waals surface area contributed by atoms with Crippen LogP contribution >= 0.6 is 0 Å². The Morgan fingerprint density at radius 1 is 1.14 bits per heavy atom. The molecule has 14 heavy (non-hydrogen) atoms. The number of hydrogen-bond acceptors (Lipinski definition) is 3. The highest BCUT2D eigenvalue weighted by Gasteiger charge is 2.34. The Hall–Kier alpha value is -0.120. The van der Waals surface area contributed by atoms with E-state index in [9.17, 15) is 0 Å². The van der Waals surface area contributed by atoms with E-state index >= 15 is 0 Å². The molecule has 1 saturated heterocycles. The molecule has 0 spiro atoms. The quantitative estimate of drug-likeness (QED) is 0.660. The first-order chi connectivity index (χ1) is 6.77. The zero-order valence-corrected chi connectivity index (χ0v) is 9.42. The van der Waals surface area contributed by atoms with Crippen molar-refractivity contribution in [3.05, 3.63) is 0 Å². The maximum Gasteiger partial charge on any atom is 0.0258 e. The summed E-state index contributed by atoms with van der Waals surface area (Å²) in [4.78, 5) is 0. The van der Waals surface area contributed by atoms with Gasteiger partial charge in [0, 0.05) is 26.2 Å². The third-order valence-electron chi connectivity index (χ3n) is 3.61. The fourth-order valence-corrected chi connectivity index (χ4v) is 3.04. The summed E-state index contributed by atoms with van der Waals surface area (Å²) in [5.74, 6) is 0.861. The van der Waals surface area contributed by atoms with Gasteiger partial charge in [-0.15, -0.1) is 0 Å². The van der Waals surface area contributed by atoms with Crippen molar-refractivity contribution in [2.75, 3.05) is 20.6 Å². The molecule has 0 bridgehead atoms. The second-order valence-corrected chi connectivity index (χ2v) is 4.93. The summed E-state index contributed by atoms with van der Waals surface area (Å²) in [6.45, 7) is 1.23. The van der Waals surface area contributed by atoms with E-state index in [-0.39, 0.29) is 0 Å². The van der Waals surface area contributed by atoms with Gasteiger partial charge in [0.05, 0.1) is 0 Å². The van der Waals surface area contributed by atoms with Gasteiger partial charge < -0.3 is 5.32 Å². The van der Waals surface area contributed by atoms with Crippen LogP contribution in [0.2, 0.25) is 0 Å². The molecule has 2 N–H and O–H groups in total. The highest BCUT2D eigenvalue weighted by Crippen LogP contribution is 2.31. The monoisotopic (exact) mass is 197 g/mol. The van der Waals surface area contributed by atoms with Crippen LogP contribution in [0.3, 0.4) is 0 Å². The van der Waals surface area contributed by atoms with Gasteiger partial charge in [0.25, 0.3) is 0 Å². The Balaban J connectivity index is 1.89. The summed E-state index contributed by atoms with van der Waals surface area (Å²) < 4.78 is 0. The highest BCUT2D eigenvalue weighted by atomic mass is 15.5. The summed E-state index contributed by atoms with van der Waals surface area (Å²) >= 11 is 0. The van der Waals surface area contributed by atoms with E-state index < -0.39 is 0 Å². The first-order valence-electron chi connectivity index (χ1n) is 5.94. The van der Waals surface area contributed by atoms with Crippen molar-refractivity contribution in [2.24, 2.45) is 5.92 Å². The molecular formula is C11H23N3. The lowest BCUT2D eigenvalue weighted by Crippen LogP contribution is -2.47. The first-order valence-corrected chi connectivity index (χ1v) is 5.94. The predicted molar refractivity (Wildman–Crippen MR) is 59.0 cm³/mol. The molecule has 3 heteroatoms. The molecule has 1 heterocycles. The number of nitrogens with one attached hydrogen (secondary N) is 2. The molecule has 2 fully saturated rings. The van der Waals surface area contributed by atoms with Crippen molar-refractivity contribution in [2.45, 2.75) is 44.2 Å². The van der Waals surface area contributed by atoms with Crippen LogP contribution in [0.4, 0.5) is 0 Å². The maximum atomic E-state index is 3.64. The molecule has 1 aliphatic carbocycles. The average molecular weight is 197 g/mol. The summed E-state index contributed by atoms with van der Waals surface area (Å²) in [5.41, 5.74) is 3.56. The van der Waals surface area contributed by atoms with Gasteiger partial charge in [0.15, 0.2) is 0 Å². The second kappa shape index (κ2) is 4.60. The molecule has 0 radical (unpaired) electrons. The molecule has 0 aromatic carbocycles. The van der Waals surface area contributed by atoms with E-state index in [2.05, 4.69) is 29.8 Å². The zero-order chi connectivity index (χ0) is 9.97. The van der Waals surface area contributed by atoms with Gasteiger partial charge in [-0.3, -0.25) is 10.4 Å². The van der Waals surface area contributed by atoms with Gasteiger partial charge in [-0.2, -0.15) is 0 Å². The molecule has 82 valence electrons. The Labute approximate surface area is 87.2 Å². The van der Waals surface area contributed by atoms with Crippen molar-refractivity contribution in [1.29, 1.82) is 0 Å². The summed E-state index contributed by atoms with van der Waals surface area (Å²) in [5, 5.41) is 5.75. The maximum absolute atomic E-state index is 3.64. The molecule has 0 aromatic rings. The zero-order valence-electron chi connectivity index (χ0n) is 9.42. The van der Waals surface area contributed by atoms with Gasteiger partial charge in [0.2, 0.25) is 0 Å². The Morgan fingerprint density at radius 3 is 2.64 bits per heavy atom. The Kier molecular flexibility index (Phi) is 3.42. The second-order valence-electron chi connectivity index (χ2n) is 4.93. The lowest BCUT2D eigenvalue weighted by molar-refractivity contribution is 0.193. The molecular weight excluding hydrogens is 174 g/mol. The van der Waals surface area contributed by atoms with E-state index in [1.165, 1.54) is 38.6 Å². The SMILES string of the molecule is CN(C)NC1CCCC1C1CCCN1. The molecule has 1 saturated carbocycles. The van der Waals surface area contributed by atoms with E-state index in [1.54, 1.807) is 0 Å². The molecule has 2 rings (SSSR count). The van der Waals surface area contributed by atoms with E-state index in [0.717, 1.165) is 12.0 Å². The minimum Gasteiger partial charge on any atom is -0.314 e. The van der Waals surface area contributed by atoms with Crippen LogP contribution in [0.25, 0.3) is 0 Å². The summed E-state index contributed by atoms with van der Waals surface area (Å²) in [7, 11) is 4.19. The van der Waals surface area contributed by atoms with Crippen molar-refractivity contribution in [3.63, 3.8) is 0 Å². The number of nitrogens with zero attached hydrogens (tertiary/aromatic N) is 1. The topological polar surface area (TPSA) is 27.3 Å². The van der Waals surface area contributed by atoms with Crippen molar-refractivity contribution < 1.29 is 0 Å². The third kappa shape index (κ3) is 2.27. The molecule has 0 aromatic heterocycles. The van der Waals surface area contributed by atoms with Gasteiger partial charge in [-0.05, 0) is 38.1 Å². The van der Waals surface area contributed by atoms with Gasteiger partial charge in [-0.25, -0.2) is 0 Å². The third-order valence-corrected chi connectivity index (χ3v) is 3.61. The fourth-order valence-electron chi connectivity index (χ4n) is 3.04. The van der Waals surface area contributed by atoms with Crippen LogP contribution in [0.5, 0.6) is 0 Å². The normalized spacial score (nSPS) is 38.4. The van der Waals surface area contributed by atoms with Gasteiger partial charge >= 0.3 is 0 Å². The lowest BCUT2D eigenvalue weighted by atomic mass is 9.93. The molecule has 3 nitrogen and oxygen atoms in total. The fraction of sp³-hybridized carbons (Fsp3) is 1.00. The van der Waals surface area contributed by atoms with Crippen LogP contribution in [0.1, 0.15) is 32.1 Å². The largest absolute Gasteiger partial charge is 0.314 e. The Morgan fingerprint density at radius 2 is 2.00 bits per heavy atom. The molecule has 1 aliphatic heterocycles. The Bertz CT molecular complexity index is 175. The van der Waals surface area contributed by atoms with Gasteiger partial charge in [-0.1, -0.05) is 6.42 Å². The van der Waals surface area contributed by atoms with E-state index in [4.69, 9.17) is 0 Å². The van der Waals surface area contributed by atoms with Crippen LogP contribution < -0.4 is 10.7 Å².